The van der Waals surface area contributed by atoms with Crippen molar-refractivity contribution in [2.45, 2.75) is 13.8 Å². The number of carbonyl (C=O) groups is 3. The number of carbonyl (C=O) groups excluding carboxylic acids is 3. The molecule has 2 amide bonds. The summed E-state index contributed by atoms with van der Waals surface area (Å²) in [4.78, 5) is 42.8. The van der Waals surface area contributed by atoms with Crippen molar-refractivity contribution in [3.63, 3.8) is 0 Å². The molecule has 1 heterocycles. The van der Waals surface area contributed by atoms with Crippen LogP contribution in [0.3, 0.4) is 0 Å². The van der Waals surface area contributed by atoms with E-state index in [1.807, 2.05) is 37.3 Å². The van der Waals surface area contributed by atoms with Gasteiger partial charge < -0.3 is 10.2 Å². The van der Waals surface area contributed by atoms with Crippen LogP contribution in [0.1, 0.15) is 44.9 Å². The standard InChI is InChI=1S/C23H21N3O3/c1-3-26(21-10-5-4-6-11-21)23(29)19-12-18(14-24-15-19)22(28)25-20-9-7-8-17(13-20)16(2)27/h4-15H,3H2,1-2H3,(H,25,28). The van der Waals surface area contributed by atoms with Gasteiger partial charge in [-0.2, -0.15) is 0 Å². The molecule has 0 fully saturated rings. The minimum Gasteiger partial charge on any atom is -0.322 e. The minimum atomic E-state index is -0.407. The van der Waals surface area contributed by atoms with E-state index < -0.39 is 5.91 Å². The molecule has 0 atom stereocenters. The summed E-state index contributed by atoms with van der Waals surface area (Å²) in [5.74, 6) is -0.731. The summed E-state index contributed by atoms with van der Waals surface area (Å²) in [5, 5.41) is 2.74. The zero-order valence-electron chi connectivity index (χ0n) is 16.3. The highest BCUT2D eigenvalue weighted by Crippen LogP contribution is 2.18. The molecule has 3 rings (SSSR count). The second-order valence-electron chi connectivity index (χ2n) is 6.44. The van der Waals surface area contributed by atoms with Gasteiger partial charge in [-0.1, -0.05) is 30.3 Å². The Hall–Kier alpha value is -3.80. The molecule has 0 saturated carbocycles. The first-order chi connectivity index (χ1) is 14.0. The number of pyridine rings is 1. The summed E-state index contributed by atoms with van der Waals surface area (Å²) >= 11 is 0. The van der Waals surface area contributed by atoms with E-state index in [4.69, 9.17) is 0 Å². The van der Waals surface area contributed by atoms with E-state index in [-0.39, 0.29) is 17.3 Å². The Morgan fingerprint density at radius 1 is 0.897 bits per heavy atom. The number of benzene rings is 2. The lowest BCUT2D eigenvalue weighted by Crippen LogP contribution is -2.31. The summed E-state index contributed by atoms with van der Waals surface area (Å²) < 4.78 is 0. The van der Waals surface area contributed by atoms with Crippen LogP contribution in [0.25, 0.3) is 0 Å². The Kier molecular flexibility index (Phi) is 6.14. The van der Waals surface area contributed by atoms with Gasteiger partial charge in [0.15, 0.2) is 5.78 Å². The molecule has 6 heteroatoms. The van der Waals surface area contributed by atoms with E-state index in [2.05, 4.69) is 10.3 Å². The third-order valence-corrected chi connectivity index (χ3v) is 4.40. The number of hydrogen-bond acceptors (Lipinski definition) is 4. The van der Waals surface area contributed by atoms with E-state index in [0.717, 1.165) is 5.69 Å². The fourth-order valence-electron chi connectivity index (χ4n) is 2.91. The molecule has 1 aromatic heterocycles. The van der Waals surface area contributed by atoms with Crippen LogP contribution in [-0.4, -0.2) is 29.1 Å². The summed E-state index contributed by atoms with van der Waals surface area (Å²) in [6.07, 6.45) is 2.85. The molecule has 0 spiro atoms. The van der Waals surface area contributed by atoms with Crippen LogP contribution in [0.15, 0.2) is 73.1 Å². The van der Waals surface area contributed by atoms with E-state index >= 15 is 0 Å². The molecule has 146 valence electrons. The molecule has 3 aromatic rings. The number of ketones is 1. The maximum absolute atomic E-state index is 12.9. The van der Waals surface area contributed by atoms with Crippen molar-refractivity contribution >= 4 is 29.0 Å². The number of nitrogens with one attached hydrogen (secondary N) is 1. The second-order valence-corrected chi connectivity index (χ2v) is 6.44. The van der Waals surface area contributed by atoms with Gasteiger partial charge in [0.05, 0.1) is 11.1 Å². The summed E-state index contributed by atoms with van der Waals surface area (Å²) in [6.45, 7) is 3.83. The van der Waals surface area contributed by atoms with Gasteiger partial charge in [0.1, 0.15) is 0 Å². The molecule has 0 unspecified atom stereocenters. The smallest absolute Gasteiger partial charge is 0.259 e. The fraction of sp³-hybridized carbons (Fsp3) is 0.130. The van der Waals surface area contributed by atoms with Crippen molar-refractivity contribution < 1.29 is 14.4 Å². The number of anilines is 2. The molecular weight excluding hydrogens is 366 g/mol. The molecule has 0 bridgehead atoms. The number of Topliss-reactive ketones (excluding diaryl/α,β-unsaturated/α-hetero) is 1. The Bertz CT molecular complexity index is 1050. The van der Waals surface area contributed by atoms with Crippen LogP contribution in [0, 0.1) is 0 Å². The lowest BCUT2D eigenvalue weighted by atomic mass is 10.1. The SMILES string of the molecule is CCN(C(=O)c1cncc(C(=O)Nc2cccc(C(C)=O)c2)c1)c1ccccc1. The number of rotatable bonds is 6. The Morgan fingerprint density at radius 3 is 2.31 bits per heavy atom. The van der Waals surface area contributed by atoms with Crippen molar-refractivity contribution in [3.05, 3.63) is 89.7 Å². The van der Waals surface area contributed by atoms with Gasteiger partial charge in [0, 0.05) is 35.9 Å². The monoisotopic (exact) mass is 387 g/mol. The number of para-hydroxylation sites is 1. The highest BCUT2D eigenvalue weighted by atomic mass is 16.2. The van der Waals surface area contributed by atoms with E-state index in [9.17, 15) is 14.4 Å². The van der Waals surface area contributed by atoms with Crippen molar-refractivity contribution in [1.82, 2.24) is 4.98 Å². The number of nitrogens with zero attached hydrogens (tertiary/aromatic N) is 2. The van der Waals surface area contributed by atoms with Gasteiger partial charge in [0.25, 0.3) is 11.8 Å². The van der Waals surface area contributed by atoms with Crippen LogP contribution in [0.2, 0.25) is 0 Å². The lowest BCUT2D eigenvalue weighted by Gasteiger charge is -2.21. The molecule has 2 aromatic carbocycles. The lowest BCUT2D eigenvalue weighted by molar-refractivity contribution is 0.0985. The molecule has 6 nitrogen and oxygen atoms in total. The maximum Gasteiger partial charge on any atom is 0.259 e. The van der Waals surface area contributed by atoms with Gasteiger partial charge in [-0.3, -0.25) is 19.4 Å². The number of hydrogen-bond donors (Lipinski definition) is 1. The summed E-state index contributed by atoms with van der Waals surface area (Å²) in [6, 6.07) is 17.5. The first-order valence-electron chi connectivity index (χ1n) is 9.24. The minimum absolute atomic E-state index is 0.0871. The van der Waals surface area contributed by atoms with Crippen LogP contribution >= 0.6 is 0 Å². The molecule has 0 aliphatic heterocycles. The highest BCUT2D eigenvalue weighted by molar-refractivity contribution is 6.09. The van der Waals surface area contributed by atoms with Gasteiger partial charge in [-0.25, -0.2) is 0 Å². The van der Waals surface area contributed by atoms with Gasteiger partial charge in [-0.05, 0) is 44.2 Å². The maximum atomic E-state index is 12.9. The Morgan fingerprint density at radius 2 is 1.62 bits per heavy atom. The third kappa shape index (κ3) is 4.73. The van der Waals surface area contributed by atoms with Crippen LogP contribution < -0.4 is 10.2 Å². The van der Waals surface area contributed by atoms with Crippen molar-refractivity contribution in [3.8, 4) is 0 Å². The fourth-order valence-corrected chi connectivity index (χ4v) is 2.91. The van der Waals surface area contributed by atoms with Crippen molar-refractivity contribution in [2.75, 3.05) is 16.8 Å². The van der Waals surface area contributed by atoms with Crippen LogP contribution in [0.4, 0.5) is 11.4 Å². The molecule has 1 N–H and O–H groups in total. The Labute approximate surface area is 169 Å². The third-order valence-electron chi connectivity index (χ3n) is 4.40. The van der Waals surface area contributed by atoms with E-state index in [1.54, 1.807) is 29.2 Å². The second kappa shape index (κ2) is 8.93. The normalized spacial score (nSPS) is 10.3. The average molecular weight is 387 g/mol. The number of aromatic nitrogens is 1. The first kappa shape index (κ1) is 19.9. The predicted octanol–water partition coefficient (Wildman–Crippen LogP) is 4.20. The topological polar surface area (TPSA) is 79.4 Å². The van der Waals surface area contributed by atoms with Gasteiger partial charge >= 0.3 is 0 Å². The molecule has 0 aliphatic rings. The van der Waals surface area contributed by atoms with E-state index in [0.29, 0.717) is 23.4 Å². The largest absolute Gasteiger partial charge is 0.322 e. The molecular formula is C23H21N3O3. The predicted molar refractivity (Wildman–Crippen MR) is 112 cm³/mol. The van der Waals surface area contributed by atoms with Crippen molar-refractivity contribution in [1.29, 1.82) is 0 Å². The molecule has 0 aliphatic carbocycles. The van der Waals surface area contributed by atoms with Crippen LogP contribution in [0.5, 0.6) is 0 Å². The molecule has 29 heavy (non-hydrogen) atoms. The molecule has 0 saturated heterocycles. The zero-order valence-corrected chi connectivity index (χ0v) is 16.3. The van der Waals surface area contributed by atoms with Crippen LogP contribution in [-0.2, 0) is 0 Å². The summed E-state index contributed by atoms with van der Waals surface area (Å²) in [7, 11) is 0. The van der Waals surface area contributed by atoms with Gasteiger partial charge in [0.2, 0.25) is 0 Å². The Balaban J connectivity index is 1.81. The highest BCUT2D eigenvalue weighted by Gasteiger charge is 2.18. The average Bonchev–Trinajstić information content (AvgIpc) is 2.75. The van der Waals surface area contributed by atoms with E-state index in [1.165, 1.54) is 25.4 Å². The zero-order chi connectivity index (χ0) is 20.8. The van der Waals surface area contributed by atoms with Gasteiger partial charge in [-0.15, -0.1) is 0 Å². The molecule has 0 radical (unpaired) electrons. The summed E-state index contributed by atoms with van der Waals surface area (Å²) in [5.41, 5.74) is 2.36. The number of amides is 2. The van der Waals surface area contributed by atoms with Crippen molar-refractivity contribution in [2.24, 2.45) is 0 Å². The first-order valence-corrected chi connectivity index (χ1v) is 9.24. The quantitative estimate of drug-likeness (QED) is 0.643.